The standard InChI is InChI=1S/C17H12ClF4NO4/c18-12-6-5-10(7-11(12)17(20,21)22)23-15(24)8-27-16(25)9-26-14-4-2-1-3-13(14)19/h1-7H,8-9H2,(H,23,24). The van der Waals surface area contributed by atoms with Crippen LogP contribution < -0.4 is 10.1 Å². The van der Waals surface area contributed by atoms with Crippen molar-refractivity contribution in [1.29, 1.82) is 0 Å². The fourth-order valence-electron chi connectivity index (χ4n) is 1.90. The van der Waals surface area contributed by atoms with E-state index in [0.717, 1.165) is 12.1 Å². The summed E-state index contributed by atoms with van der Waals surface area (Å²) in [5.74, 6) is -2.67. The Kier molecular flexibility index (Phi) is 6.62. The molecule has 0 unspecified atom stereocenters. The maximum absolute atomic E-state index is 13.3. The Morgan fingerprint density at radius 1 is 1.07 bits per heavy atom. The molecule has 2 aromatic rings. The molecule has 0 aliphatic heterocycles. The molecule has 0 radical (unpaired) electrons. The number of hydrogen-bond donors (Lipinski definition) is 1. The van der Waals surface area contributed by atoms with Crippen LogP contribution in [0.3, 0.4) is 0 Å². The third kappa shape index (κ3) is 6.14. The van der Waals surface area contributed by atoms with E-state index in [1.165, 1.54) is 24.3 Å². The lowest BCUT2D eigenvalue weighted by Gasteiger charge is -2.12. The number of halogens is 5. The van der Waals surface area contributed by atoms with Crippen LogP contribution in [0.15, 0.2) is 42.5 Å². The summed E-state index contributed by atoms with van der Waals surface area (Å²) in [5.41, 5.74) is -1.28. The smallest absolute Gasteiger partial charge is 0.417 e. The number of carbonyl (C=O) groups excluding carboxylic acids is 2. The van der Waals surface area contributed by atoms with Crippen LogP contribution >= 0.6 is 11.6 Å². The van der Waals surface area contributed by atoms with Crippen molar-refractivity contribution in [2.45, 2.75) is 6.18 Å². The van der Waals surface area contributed by atoms with Crippen molar-refractivity contribution in [3.63, 3.8) is 0 Å². The molecule has 1 amide bonds. The molecular formula is C17H12ClF4NO4. The number of ether oxygens (including phenoxy) is 2. The molecule has 27 heavy (non-hydrogen) atoms. The minimum Gasteiger partial charge on any atom is -0.479 e. The largest absolute Gasteiger partial charge is 0.479 e. The number of alkyl halides is 3. The van der Waals surface area contributed by atoms with Gasteiger partial charge in [0.1, 0.15) is 0 Å². The van der Waals surface area contributed by atoms with Gasteiger partial charge in [0, 0.05) is 5.69 Å². The topological polar surface area (TPSA) is 64.6 Å². The number of hydrogen-bond acceptors (Lipinski definition) is 4. The number of anilines is 1. The van der Waals surface area contributed by atoms with Gasteiger partial charge >= 0.3 is 12.1 Å². The maximum atomic E-state index is 13.3. The molecule has 10 heteroatoms. The molecule has 0 saturated carbocycles. The normalized spacial score (nSPS) is 11.0. The summed E-state index contributed by atoms with van der Waals surface area (Å²) in [7, 11) is 0. The molecule has 2 rings (SSSR count). The second-order valence-electron chi connectivity index (χ2n) is 5.12. The maximum Gasteiger partial charge on any atom is 0.417 e. The number of para-hydroxylation sites is 1. The molecule has 0 aliphatic rings. The number of esters is 1. The van der Waals surface area contributed by atoms with Gasteiger partial charge < -0.3 is 14.8 Å². The highest BCUT2D eigenvalue weighted by molar-refractivity contribution is 6.31. The van der Waals surface area contributed by atoms with Gasteiger partial charge in [-0.1, -0.05) is 23.7 Å². The summed E-state index contributed by atoms with van der Waals surface area (Å²) < 4.78 is 61.1. The van der Waals surface area contributed by atoms with Crippen molar-refractivity contribution < 1.29 is 36.6 Å². The number of carbonyl (C=O) groups is 2. The highest BCUT2D eigenvalue weighted by Crippen LogP contribution is 2.36. The van der Waals surface area contributed by atoms with Crippen molar-refractivity contribution in [1.82, 2.24) is 0 Å². The molecule has 0 aromatic heterocycles. The Hall–Kier alpha value is -2.81. The van der Waals surface area contributed by atoms with Gasteiger partial charge in [0.25, 0.3) is 5.91 Å². The van der Waals surface area contributed by atoms with Crippen molar-refractivity contribution in [3.8, 4) is 5.75 Å². The van der Waals surface area contributed by atoms with E-state index in [2.05, 4.69) is 10.1 Å². The van der Waals surface area contributed by atoms with Crippen LogP contribution in [0.2, 0.25) is 5.02 Å². The predicted octanol–water partition coefficient (Wildman–Crippen LogP) is 4.06. The average Bonchev–Trinajstić information content (AvgIpc) is 2.60. The third-order valence-corrected chi connectivity index (χ3v) is 3.43. The summed E-state index contributed by atoms with van der Waals surface area (Å²) in [5, 5.41) is 1.63. The molecule has 2 aromatic carbocycles. The third-order valence-electron chi connectivity index (χ3n) is 3.10. The summed E-state index contributed by atoms with van der Waals surface area (Å²) >= 11 is 5.47. The SMILES string of the molecule is O=C(COC(=O)COc1ccccc1F)Nc1ccc(Cl)c(C(F)(F)F)c1. The number of amides is 1. The molecule has 0 atom stereocenters. The fourth-order valence-corrected chi connectivity index (χ4v) is 2.13. The summed E-state index contributed by atoms with van der Waals surface area (Å²) in [6.45, 7) is -1.41. The second-order valence-corrected chi connectivity index (χ2v) is 5.53. The zero-order valence-electron chi connectivity index (χ0n) is 13.5. The van der Waals surface area contributed by atoms with E-state index in [0.29, 0.717) is 6.07 Å². The zero-order valence-corrected chi connectivity index (χ0v) is 14.2. The lowest BCUT2D eigenvalue weighted by atomic mass is 10.2. The van der Waals surface area contributed by atoms with Crippen molar-refractivity contribution in [2.24, 2.45) is 0 Å². The fraction of sp³-hybridized carbons (Fsp3) is 0.176. The van der Waals surface area contributed by atoms with Crippen molar-refractivity contribution in [3.05, 3.63) is 58.9 Å². The number of nitrogens with one attached hydrogen (secondary N) is 1. The first kappa shape index (κ1) is 20.5. The van der Waals surface area contributed by atoms with Gasteiger partial charge in [-0.05, 0) is 30.3 Å². The Balaban J connectivity index is 1.84. The van der Waals surface area contributed by atoms with E-state index in [1.807, 2.05) is 0 Å². The van der Waals surface area contributed by atoms with E-state index in [-0.39, 0.29) is 11.4 Å². The highest BCUT2D eigenvalue weighted by Gasteiger charge is 2.33. The van der Waals surface area contributed by atoms with Crippen LogP contribution in [0.1, 0.15) is 5.56 Å². The van der Waals surface area contributed by atoms with Gasteiger partial charge in [-0.2, -0.15) is 13.2 Å². The van der Waals surface area contributed by atoms with Crippen LogP contribution in [0, 0.1) is 5.82 Å². The Morgan fingerprint density at radius 2 is 1.78 bits per heavy atom. The van der Waals surface area contributed by atoms with Gasteiger partial charge in [0.05, 0.1) is 10.6 Å². The molecular weight excluding hydrogens is 394 g/mol. The van der Waals surface area contributed by atoms with Crippen LogP contribution in [0.4, 0.5) is 23.2 Å². The Labute approximate surface area is 155 Å². The molecule has 0 spiro atoms. The summed E-state index contributed by atoms with van der Waals surface area (Å²) in [4.78, 5) is 23.2. The quantitative estimate of drug-likeness (QED) is 0.581. The molecule has 0 aliphatic carbocycles. The van der Waals surface area contributed by atoms with Gasteiger partial charge in [-0.3, -0.25) is 4.79 Å². The first-order valence-electron chi connectivity index (χ1n) is 7.36. The number of rotatable bonds is 6. The minimum absolute atomic E-state index is 0.167. The van der Waals surface area contributed by atoms with E-state index in [1.54, 1.807) is 0 Å². The predicted molar refractivity (Wildman–Crippen MR) is 87.9 cm³/mol. The van der Waals surface area contributed by atoms with Crippen LogP contribution in [0.5, 0.6) is 5.75 Å². The Morgan fingerprint density at radius 3 is 2.44 bits per heavy atom. The summed E-state index contributed by atoms with van der Waals surface area (Å²) in [6.07, 6.45) is -4.69. The molecule has 0 fully saturated rings. The van der Waals surface area contributed by atoms with Gasteiger partial charge in [0.2, 0.25) is 0 Å². The van der Waals surface area contributed by atoms with Crippen molar-refractivity contribution >= 4 is 29.2 Å². The van der Waals surface area contributed by atoms with E-state index >= 15 is 0 Å². The van der Waals surface area contributed by atoms with E-state index in [9.17, 15) is 27.2 Å². The van der Waals surface area contributed by atoms with Gasteiger partial charge in [0.15, 0.2) is 24.8 Å². The van der Waals surface area contributed by atoms with Crippen molar-refractivity contribution in [2.75, 3.05) is 18.5 Å². The number of benzene rings is 2. The average molecular weight is 406 g/mol. The lowest BCUT2D eigenvalue weighted by Crippen LogP contribution is -2.24. The first-order valence-corrected chi connectivity index (χ1v) is 7.74. The molecule has 0 bridgehead atoms. The zero-order chi connectivity index (χ0) is 20.0. The minimum atomic E-state index is -4.69. The molecule has 0 heterocycles. The highest BCUT2D eigenvalue weighted by atomic mass is 35.5. The monoisotopic (exact) mass is 405 g/mol. The Bertz CT molecular complexity index is 842. The van der Waals surface area contributed by atoms with Gasteiger partial charge in [-0.25, -0.2) is 9.18 Å². The molecule has 5 nitrogen and oxygen atoms in total. The summed E-state index contributed by atoms with van der Waals surface area (Å²) in [6, 6.07) is 8.17. The van der Waals surface area contributed by atoms with E-state index < -0.39 is 47.7 Å². The van der Waals surface area contributed by atoms with Crippen LogP contribution in [0.25, 0.3) is 0 Å². The molecule has 1 N–H and O–H groups in total. The lowest BCUT2D eigenvalue weighted by molar-refractivity contribution is -0.149. The first-order chi connectivity index (χ1) is 12.7. The molecule has 0 saturated heterocycles. The van der Waals surface area contributed by atoms with Gasteiger partial charge in [-0.15, -0.1) is 0 Å². The van der Waals surface area contributed by atoms with Crippen LogP contribution in [-0.4, -0.2) is 25.1 Å². The second kappa shape index (κ2) is 8.72. The molecule has 144 valence electrons. The van der Waals surface area contributed by atoms with Crippen LogP contribution in [-0.2, 0) is 20.5 Å². The van der Waals surface area contributed by atoms with E-state index in [4.69, 9.17) is 16.3 Å².